The summed E-state index contributed by atoms with van der Waals surface area (Å²) in [6.45, 7) is 1.95. The number of likely N-dealkylation sites (N-methyl/N-ethyl adjacent to an activating group) is 1. The average Bonchev–Trinajstić information content (AvgIpc) is 3.34. The molecule has 1 saturated carbocycles. The van der Waals surface area contributed by atoms with Gasteiger partial charge in [0.2, 0.25) is 5.91 Å². The molecule has 0 radical (unpaired) electrons. The summed E-state index contributed by atoms with van der Waals surface area (Å²) in [6, 6.07) is 9.12. The molecule has 1 aromatic carbocycles. The number of carbonyl (C=O) groups excluding carboxylic acids is 2. The number of nitrogens with zero attached hydrogens (tertiary/aromatic N) is 1. The van der Waals surface area contributed by atoms with E-state index in [0.29, 0.717) is 21.3 Å². The van der Waals surface area contributed by atoms with Gasteiger partial charge in [0, 0.05) is 18.8 Å². The molecule has 170 valence electrons. The van der Waals surface area contributed by atoms with E-state index < -0.39 is 23.3 Å². The Morgan fingerprint density at radius 3 is 2.56 bits per heavy atom. The van der Waals surface area contributed by atoms with Crippen molar-refractivity contribution in [3.05, 3.63) is 50.7 Å². The highest BCUT2D eigenvalue weighted by Crippen LogP contribution is 2.37. The summed E-state index contributed by atoms with van der Waals surface area (Å²) in [6.07, 6.45) is 2.50. The predicted octanol–water partition coefficient (Wildman–Crippen LogP) is 3.42. The summed E-state index contributed by atoms with van der Waals surface area (Å²) in [7, 11) is 2.10. The van der Waals surface area contributed by atoms with Crippen molar-refractivity contribution in [3.63, 3.8) is 0 Å². The lowest BCUT2D eigenvalue weighted by Crippen LogP contribution is -2.55. The minimum atomic E-state index is -1.29. The minimum Gasteiger partial charge on any atom is -0.481 e. The number of thiophene rings is 1. The zero-order valence-electron chi connectivity index (χ0n) is 17.8. The number of aliphatic carboxylic acids is 1. The molecule has 32 heavy (non-hydrogen) atoms. The summed E-state index contributed by atoms with van der Waals surface area (Å²) >= 11 is 7.07. The van der Waals surface area contributed by atoms with Gasteiger partial charge in [-0.2, -0.15) is 0 Å². The van der Waals surface area contributed by atoms with Crippen molar-refractivity contribution in [2.75, 3.05) is 25.5 Å². The lowest BCUT2D eigenvalue weighted by atomic mass is 9.93. The van der Waals surface area contributed by atoms with E-state index in [0.717, 1.165) is 37.3 Å². The summed E-state index contributed by atoms with van der Waals surface area (Å²) < 4.78 is 0.471. The normalized spacial score (nSPS) is 23.2. The first kappa shape index (κ1) is 22.8. The lowest BCUT2D eigenvalue weighted by Gasteiger charge is -2.29. The van der Waals surface area contributed by atoms with Gasteiger partial charge in [-0.15, -0.1) is 11.3 Å². The molecule has 1 fully saturated rings. The third-order valence-corrected chi connectivity index (χ3v) is 7.67. The van der Waals surface area contributed by atoms with Crippen molar-refractivity contribution in [2.24, 2.45) is 5.92 Å². The highest BCUT2D eigenvalue weighted by Gasteiger charge is 2.48. The molecule has 0 bridgehead atoms. The van der Waals surface area contributed by atoms with Gasteiger partial charge in [0.15, 0.2) is 0 Å². The van der Waals surface area contributed by atoms with Crippen LogP contribution in [-0.4, -0.2) is 53.5 Å². The van der Waals surface area contributed by atoms with E-state index in [1.165, 1.54) is 11.1 Å². The van der Waals surface area contributed by atoms with Gasteiger partial charge in [-0.25, -0.2) is 0 Å². The molecule has 4 rings (SSSR count). The lowest BCUT2D eigenvalue weighted by molar-refractivity contribution is -0.141. The van der Waals surface area contributed by atoms with Crippen LogP contribution in [0.25, 0.3) is 0 Å². The van der Waals surface area contributed by atoms with E-state index in [1.54, 1.807) is 12.1 Å². The average molecular weight is 476 g/mol. The van der Waals surface area contributed by atoms with Crippen molar-refractivity contribution >= 4 is 46.4 Å². The van der Waals surface area contributed by atoms with Crippen LogP contribution in [0.3, 0.4) is 0 Å². The fourth-order valence-electron chi connectivity index (χ4n) is 4.51. The van der Waals surface area contributed by atoms with E-state index in [9.17, 15) is 19.5 Å². The molecule has 7 nitrogen and oxygen atoms in total. The van der Waals surface area contributed by atoms with E-state index in [1.807, 2.05) is 18.2 Å². The van der Waals surface area contributed by atoms with Crippen molar-refractivity contribution in [2.45, 2.75) is 37.6 Å². The Balaban J connectivity index is 1.56. The number of fused-ring (bicyclic) bond motifs is 1. The number of anilines is 1. The van der Waals surface area contributed by atoms with Crippen LogP contribution in [0, 0.1) is 5.92 Å². The Morgan fingerprint density at radius 2 is 1.91 bits per heavy atom. The Labute approximate surface area is 195 Å². The number of halogens is 1. The first-order valence-corrected chi connectivity index (χ1v) is 11.9. The number of carboxylic acids is 1. The molecular formula is C23H26ClN3O4S. The molecule has 1 aliphatic carbocycles. The van der Waals surface area contributed by atoms with Crippen molar-refractivity contribution < 1.29 is 19.5 Å². The van der Waals surface area contributed by atoms with Gasteiger partial charge in [0.05, 0.1) is 15.1 Å². The number of amides is 2. The summed E-state index contributed by atoms with van der Waals surface area (Å²) in [4.78, 5) is 40.5. The topological polar surface area (TPSA) is 98.7 Å². The summed E-state index contributed by atoms with van der Waals surface area (Å²) in [5.74, 6) is -2.45. The number of carbonyl (C=O) groups is 3. The summed E-state index contributed by atoms with van der Waals surface area (Å²) in [5.41, 5.74) is 1.85. The Morgan fingerprint density at radius 1 is 1.16 bits per heavy atom. The number of hydrogen-bond donors (Lipinski definition) is 3. The molecule has 3 N–H and O–H groups in total. The molecule has 9 heteroatoms. The summed E-state index contributed by atoms with van der Waals surface area (Å²) in [5, 5.41) is 15.3. The van der Waals surface area contributed by atoms with Crippen LogP contribution in [0.2, 0.25) is 4.34 Å². The fourth-order valence-corrected chi connectivity index (χ4v) is 5.45. The van der Waals surface area contributed by atoms with Gasteiger partial charge in [-0.3, -0.25) is 14.4 Å². The van der Waals surface area contributed by atoms with Crippen LogP contribution in [0.5, 0.6) is 0 Å². The van der Waals surface area contributed by atoms with Crippen LogP contribution in [0.1, 0.15) is 40.1 Å². The van der Waals surface area contributed by atoms with E-state index in [-0.39, 0.29) is 18.7 Å². The second-order valence-corrected chi connectivity index (χ2v) is 10.4. The van der Waals surface area contributed by atoms with E-state index in [2.05, 4.69) is 22.6 Å². The molecule has 1 aliphatic heterocycles. The predicted molar refractivity (Wildman–Crippen MR) is 124 cm³/mol. The van der Waals surface area contributed by atoms with Crippen molar-refractivity contribution in [3.8, 4) is 0 Å². The van der Waals surface area contributed by atoms with Crippen LogP contribution in [0.4, 0.5) is 5.69 Å². The van der Waals surface area contributed by atoms with E-state index in [4.69, 9.17) is 11.6 Å². The maximum atomic E-state index is 13.4. The molecule has 2 amide bonds. The minimum absolute atomic E-state index is 0.0503. The van der Waals surface area contributed by atoms with E-state index >= 15 is 0 Å². The van der Waals surface area contributed by atoms with Crippen LogP contribution in [-0.2, 0) is 22.4 Å². The fraction of sp³-hybridized carbons (Fsp3) is 0.435. The molecule has 2 aromatic rings. The molecule has 2 atom stereocenters. The van der Waals surface area contributed by atoms with Crippen LogP contribution < -0.4 is 10.6 Å². The standard InChI is InChI=1S/C23H26ClN3O4S/c1-27-10-7-14-2-3-17(12-15(14)8-11-27)25-22(31)23(9-6-16(13-23)21(29)30)26-20(28)18-4-5-19(24)32-18/h2-5,12,16H,6-11,13H2,1H3,(H,25,31)(H,26,28)(H,29,30). The van der Waals surface area contributed by atoms with Gasteiger partial charge >= 0.3 is 5.97 Å². The zero-order chi connectivity index (χ0) is 22.9. The first-order chi connectivity index (χ1) is 15.3. The van der Waals surface area contributed by atoms with Crippen LogP contribution in [0.15, 0.2) is 30.3 Å². The second kappa shape index (κ2) is 9.21. The molecule has 1 aromatic heterocycles. The maximum Gasteiger partial charge on any atom is 0.306 e. The second-order valence-electron chi connectivity index (χ2n) is 8.66. The Hall–Kier alpha value is -2.42. The SMILES string of the molecule is CN1CCc2ccc(NC(=O)C3(NC(=O)c4ccc(Cl)s4)CCC(C(=O)O)C3)cc2CC1. The molecule has 0 spiro atoms. The molecule has 2 aliphatic rings. The van der Waals surface area contributed by atoms with Gasteiger partial charge < -0.3 is 20.6 Å². The van der Waals surface area contributed by atoms with Crippen molar-refractivity contribution in [1.82, 2.24) is 10.2 Å². The smallest absolute Gasteiger partial charge is 0.306 e. The highest BCUT2D eigenvalue weighted by atomic mass is 35.5. The maximum absolute atomic E-state index is 13.4. The monoisotopic (exact) mass is 475 g/mol. The molecule has 2 unspecified atom stereocenters. The largest absolute Gasteiger partial charge is 0.481 e. The zero-order valence-corrected chi connectivity index (χ0v) is 19.4. The quantitative estimate of drug-likeness (QED) is 0.615. The van der Waals surface area contributed by atoms with Gasteiger partial charge in [-0.05, 0) is 74.5 Å². The Bertz CT molecular complexity index is 1060. The number of nitrogens with one attached hydrogen (secondary N) is 2. The third-order valence-electron chi connectivity index (χ3n) is 6.44. The third kappa shape index (κ3) is 4.82. The van der Waals surface area contributed by atoms with Gasteiger partial charge in [0.1, 0.15) is 5.54 Å². The first-order valence-electron chi connectivity index (χ1n) is 10.7. The highest BCUT2D eigenvalue weighted by molar-refractivity contribution is 7.18. The number of benzene rings is 1. The Kier molecular flexibility index (Phi) is 6.55. The van der Waals surface area contributed by atoms with Gasteiger partial charge in [-0.1, -0.05) is 17.7 Å². The van der Waals surface area contributed by atoms with Gasteiger partial charge in [0.25, 0.3) is 5.91 Å². The molecule has 0 saturated heterocycles. The molecule has 2 heterocycles. The number of hydrogen-bond acceptors (Lipinski definition) is 5. The molecular weight excluding hydrogens is 450 g/mol. The van der Waals surface area contributed by atoms with Crippen LogP contribution >= 0.6 is 22.9 Å². The van der Waals surface area contributed by atoms with Crippen molar-refractivity contribution in [1.29, 1.82) is 0 Å². The number of rotatable bonds is 5. The number of carboxylic acid groups (broad SMARTS) is 1.